The molecule has 0 saturated carbocycles. The summed E-state index contributed by atoms with van der Waals surface area (Å²) < 4.78 is 65.7. The molecule has 152 valence electrons. The van der Waals surface area contributed by atoms with Crippen LogP contribution in [0.5, 0.6) is 6.01 Å². The Kier molecular flexibility index (Phi) is 6.72. The first-order valence-electron chi connectivity index (χ1n) is 7.77. The molecule has 2 aromatic rings. The summed E-state index contributed by atoms with van der Waals surface area (Å²) in [6.07, 6.45) is -5.86. The molecule has 0 radical (unpaired) electrons. The minimum absolute atomic E-state index is 0.0383. The van der Waals surface area contributed by atoms with E-state index in [9.17, 15) is 26.4 Å². The number of ether oxygens (including phenoxy) is 1. The number of thiol groups is 1. The van der Waals surface area contributed by atoms with Gasteiger partial charge in [0.15, 0.2) is 0 Å². The van der Waals surface area contributed by atoms with Crippen LogP contribution >= 0.6 is 0 Å². The molecule has 0 aliphatic rings. The van der Waals surface area contributed by atoms with Gasteiger partial charge >= 0.3 is 18.2 Å². The molecule has 1 N–H and O–H groups in total. The van der Waals surface area contributed by atoms with Crippen molar-refractivity contribution in [1.82, 2.24) is 15.0 Å². The second kappa shape index (κ2) is 8.82. The number of aromatic nitrogens is 3. The standard InChI is InChI=1S/C15H16F3N5O4S/c1-9-19-12(22-13(20-9)27-2)23(28(25)26)14(24)21-11-6-4-3-5-10(11)7-8-15(16,17)18/h3-6,28H,7-8H2,1-2H3,(H,21,24). The molecule has 0 spiro atoms. The molecule has 0 saturated heterocycles. The van der Waals surface area contributed by atoms with Crippen molar-refractivity contribution in [2.45, 2.75) is 25.9 Å². The Bertz CT molecular complexity index is 928. The van der Waals surface area contributed by atoms with Crippen LogP contribution in [0.3, 0.4) is 0 Å². The topological polar surface area (TPSA) is 114 Å². The molecule has 0 bridgehead atoms. The number of nitrogens with one attached hydrogen (secondary N) is 1. The van der Waals surface area contributed by atoms with Crippen molar-refractivity contribution in [2.24, 2.45) is 0 Å². The summed E-state index contributed by atoms with van der Waals surface area (Å²) in [4.78, 5) is 23.8. The second-order valence-electron chi connectivity index (χ2n) is 5.42. The SMILES string of the molecule is COc1nc(C)nc(N(C(=O)Nc2ccccc2CCC(F)(F)F)[SH](=O)=O)n1. The Balaban J connectivity index is 2.30. The van der Waals surface area contributed by atoms with Gasteiger partial charge in [-0.2, -0.15) is 32.4 Å². The molecule has 9 nitrogen and oxygen atoms in total. The van der Waals surface area contributed by atoms with E-state index in [2.05, 4.69) is 20.3 Å². The van der Waals surface area contributed by atoms with Gasteiger partial charge in [-0.25, -0.2) is 13.2 Å². The number of nitrogens with zero attached hydrogens (tertiary/aromatic N) is 4. The highest BCUT2D eigenvalue weighted by atomic mass is 32.2. The zero-order chi connectivity index (χ0) is 20.9. The quantitative estimate of drug-likeness (QED) is 0.690. The van der Waals surface area contributed by atoms with Crippen molar-refractivity contribution < 1.29 is 31.1 Å². The van der Waals surface area contributed by atoms with Gasteiger partial charge < -0.3 is 10.1 Å². The van der Waals surface area contributed by atoms with Crippen LogP contribution in [0.1, 0.15) is 17.8 Å². The average Bonchev–Trinajstić information content (AvgIpc) is 2.59. The van der Waals surface area contributed by atoms with Crippen molar-refractivity contribution in [2.75, 3.05) is 16.7 Å². The van der Waals surface area contributed by atoms with Crippen molar-refractivity contribution in [3.63, 3.8) is 0 Å². The summed E-state index contributed by atoms with van der Waals surface area (Å²) in [5.74, 6) is -0.409. The number of rotatable bonds is 6. The van der Waals surface area contributed by atoms with Crippen molar-refractivity contribution in [1.29, 1.82) is 0 Å². The normalized spacial score (nSPS) is 11.4. The summed E-state index contributed by atoms with van der Waals surface area (Å²) in [6, 6.07) is 4.39. The Labute approximate surface area is 159 Å². The van der Waals surface area contributed by atoms with Gasteiger partial charge in [0, 0.05) is 12.1 Å². The third kappa shape index (κ3) is 5.77. The molecule has 28 heavy (non-hydrogen) atoms. The first kappa shape index (κ1) is 21.3. The summed E-state index contributed by atoms with van der Waals surface area (Å²) in [5.41, 5.74) is 0.231. The Hall–Kier alpha value is -2.96. The number of amides is 2. The molecule has 2 amide bonds. The molecular weight excluding hydrogens is 403 g/mol. The molecule has 0 aliphatic carbocycles. The third-order valence-corrected chi connectivity index (χ3v) is 4.07. The molecular formula is C15H16F3N5O4S. The van der Waals surface area contributed by atoms with Crippen LogP contribution in [0.2, 0.25) is 0 Å². The highest BCUT2D eigenvalue weighted by molar-refractivity contribution is 7.75. The van der Waals surface area contributed by atoms with Crippen molar-refractivity contribution >= 4 is 28.6 Å². The molecule has 0 fully saturated rings. The fourth-order valence-corrected chi connectivity index (χ4v) is 2.61. The number of anilines is 2. The lowest BCUT2D eigenvalue weighted by Gasteiger charge is -2.17. The van der Waals surface area contributed by atoms with Crippen molar-refractivity contribution in [3.05, 3.63) is 35.7 Å². The number of benzene rings is 1. The highest BCUT2D eigenvalue weighted by Crippen LogP contribution is 2.25. The molecule has 2 rings (SSSR count). The van der Waals surface area contributed by atoms with E-state index in [4.69, 9.17) is 4.74 Å². The van der Waals surface area contributed by atoms with Gasteiger partial charge in [0.1, 0.15) is 5.82 Å². The highest BCUT2D eigenvalue weighted by Gasteiger charge is 2.28. The van der Waals surface area contributed by atoms with Gasteiger partial charge in [0.2, 0.25) is 10.9 Å². The van der Waals surface area contributed by atoms with E-state index in [0.717, 1.165) is 0 Å². The van der Waals surface area contributed by atoms with Crippen LogP contribution in [0.4, 0.5) is 29.6 Å². The minimum Gasteiger partial charge on any atom is -0.467 e. The molecule has 1 heterocycles. The molecule has 0 atom stereocenters. The Morgan fingerprint density at radius 1 is 1.21 bits per heavy atom. The van der Waals surface area contributed by atoms with E-state index in [0.29, 0.717) is 0 Å². The summed E-state index contributed by atoms with van der Waals surface area (Å²) in [6.45, 7) is 1.44. The number of urea groups is 1. The van der Waals surface area contributed by atoms with Gasteiger partial charge in [-0.1, -0.05) is 18.2 Å². The maximum absolute atomic E-state index is 12.5. The minimum atomic E-state index is -4.37. The van der Waals surface area contributed by atoms with Gasteiger partial charge in [-0.05, 0) is 25.0 Å². The number of para-hydroxylation sites is 1. The van der Waals surface area contributed by atoms with Gasteiger partial charge in [0.25, 0.3) is 5.95 Å². The lowest BCUT2D eigenvalue weighted by molar-refractivity contribution is -0.133. The van der Waals surface area contributed by atoms with Crippen LogP contribution in [-0.4, -0.2) is 42.7 Å². The summed E-state index contributed by atoms with van der Waals surface area (Å²) in [5, 5.41) is 2.28. The van der Waals surface area contributed by atoms with E-state index in [1.807, 2.05) is 0 Å². The number of alkyl halides is 3. The number of halogens is 3. The van der Waals surface area contributed by atoms with Gasteiger partial charge in [0.05, 0.1) is 7.11 Å². The van der Waals surface area contributed by atoms with E-state index in [1.165, 1.54) is 38.3 Å². The summed E-state index contributed by atoms with van der Waals surface area (Å²) in [7, 11) is -2.26. The molecule has 0 unspecified atom stereocenters. The maximum atomic E-state index is 12.5. The monoisotopic (exact) mass is 419 g/mol. The average molecular weight is 419 g/mol. The maximum Gasteiger partial charge on any atom is 0.389 e. The van der Waals surface area contributed by atoms with Crippen LogP contribution in [0, 0.1) is 6.92 Å². The van der Waals surface area contributed by atoms with E-state index in [1.54, 1.807) is 0 Å². The molecule has 0 aliphatic heterocycles. The molecule has 1 aromatic carbocycles. The van der Waals surface area contributed by atoms with E-state index < -0.39 is 35.5 Å². The zero-order valence-electron chi connectivity index (χ0n) is 14.7. The lowest BCUT2D eigenvalue weighted by Crippen LogP contribution is -2.35. The second-order valence-corrected chi connectivity index (χ2v) is 6.30. The lowest BCUT2D eigenvalue weighted by atomic mass is 10.1. The van der Waals surface area contributed by atoms with Crippen molar-refractivity contribution in [3.8, 4) is 6.01 Å². The van der Waals surface area contributed by atoms with Crippen LogP contribution in [0.15, 0.2) is 24.3 Å². The predicted octanol–water partition coefficient (Wildman–Crippen LogP) is 2.25. The Morgan fingerprint density at radius 2 is 1.89 bits per heavy atom. The number of aryl methyl sites for hydroxylation is 2. The number of methoxy groups -OCH3 is 1. The van der Waals surface area contributed by atoms with Gasteiger partial charge in [-0.3, -0.25) is 0 Å². The number of hydrogen-bond acceptors (Lipinski definition) is 7. The van der Waals surface area contributed by atoms with E-state index in [-0.39, 0.29) is 33.8 Å². The van der Waals surface area contributed by atoms with Gasteiger partial charge in [-0.15, -0.1) is 0 Å². The Morgan fingerprint density at radius 3 is 2.50 bits per heavy atom. The van der Waals surface area contributed by atoms with Crippen LogP contribution in [0.25, 0.3) is 0 Å². The fourth-order valence-electron chi connectivity index (χ4n) is 2.17. The number of hydrogen-bond donors (Lipinski definition) is 2. The first-order valence-corrected chi connectivity index (χ1v) is 8.90. The predicted molar refractivity (Wildman–Crippen MR) is 93.7 cm³/mol. The van der Waals surface area contributed by atoms with E-state index >= 15 is 0 Å². The third-order valence-electron chi connectivity index (χ3n) is 3.38. The number of carbonyl (C=O) groups excluding carboxylic acids is 1. The summed E-state index contributed by atoms with van der Waals surface area (Å²) >= 11 is 0. The fraction of sp³-hybridized carbons (Fsp3) is 0.333. The smallest absolute Gasteiger partial charge is 0.389 e. The molecule has 13 heteroatoms. The number of carbonyl (C=O) groups is 1. The zero-order valence-corrected chi connectivity index (χ0v) is 15.6. The van der Waals surface area contributed by atoms with Crippen LogP contribution < -0.4 is 14.4 Å². The molecule has 1 aromatic heterocycles. The first-order chi connectivity index (χ1) is 13.1. The van der Waals surface area contributed by atoms with Crippen LogP contribution in [-0.2, 0) is 17.3 Å². The largest absolute Gasteiger partial charge is 0.467 e.